The van der Waals surface area contributed by atoms with E-state index in [1.807, 2.05) is 49.4 Å². The second-order valence-corrected chi connectivity index (χ2v) is 4.76. The van der Waals surface area contributed by atoms with Crippen molar-refractivity contribution in [3.63, 3.8) is 0 Å². The van der Waals surface area contributed by atoms with Crippen LogP contribution in [0, 0.1) is 18.3 Å². The molecule has 0 aliphatic carbocycles. The Morgan fingerprint density at radius 1 is 0.900 bits per heavy atom. The predicted molar refractivity (Wildman–Crippen MR) is 83.1 cm³/mol. The maximum Gasteiger partial charge on any atom is 0.101 e. The van der Waals surface area contributed by atoms with Crippen molar-refractivity contribution in [2.75, 3.05) is 5.32 Å². The molecule has 0 heterocycles. The number of para-hydroxylation sites is 1. The van der Waals surface area contributed by atoms with Crippen LogP contribution in [0.15, 0.2) is 60.7 Å². The summed E-state index contributed by atoms with van der Waals surface area (Å²) in [5.74, 6) is 0. The highest BCUT2D eigenvalue weighted by Crippen LogP contribution is 2.29. The highest BCUT2D eigenvalue weighted by atomic mass is 14.9. The number of rotatable bonds is 2. The lowest BCUT2D eigenvalue weighted by atomic mass is 10.1. The van der Waals surface area contributed by atoms with Crippen LogP contribution in [0.5, 0.6) is 0 Å². The molecule has 0 spiro atoms. The van der Waals surface area contributed by atoms with E-state index in [4.69, 9.17) is 0 Å². The predicted octanol–water partition coefficient (Wildman–Crippen LogP) is 4.76. The summed E-state index contributed by atoms with van der Waals surface area (Å²) >= 11 is 0. The van der Waals surface area contributed by atoms with Crippen molar-refractivity contribution in [1.82, 2.24) is 0 Å². The summed E-state index contributed by atoms with van der Waals surface area (Å²) < 4.78 is 0. The fourth-order valence-electron chi connectivity index (χ4n) is 2.40. The zero-order valence-corrected chi connectivity index (χ0v) is 11.2. The monoisotopic (exact) mass is 258 g/mol. The molecule has 2 heteroatoms. The Balaban J connectivity index is 2.13. The van der Waals surface area contributed by atoms with Crippen molar-refractivity contribution >= 4 is 22.1 Å². The molecule has 0 aliphatic heterocycles. The first-order valence-electron chi connectivity index (χ1n) is 6.54. The Morgan fingerprint density at radius 2 is 1.65 bits per heavy atom. The summed E-state index contributed by atoms with van der Waals surface area (Å²) in [6.07, 6.45) is 0. The van der Waals surface area contributed by atoms with Crippen LogP contribution >= 0.6 is 0 Å². The van der Waals surface area contributed by atoms with Gasteiger partial charge in [0.05, 0.1) is 11.3 Å². The standard InChI is InChI=1S/C18H14N2/c1-13-6-4-9-15(12-19)18(13)20-17-11-5-8-14-7-2-3-10-16(14)17/h2-11,20H,1H3. The van der Waals surface area contributed by atoms with Gasteiger partial charge in [-0.15, -0.1) is 0 Å². The van der Waals surface area contributed by atoms with E-state index in [-0.39, 0.29) is 0 Å². The van der Waals surface area contributed by atoms with Gasteiger partial charge in [-0.25, -0.2) is 0 Å². The molecule has 0 saturated heterocycles. The minimum atomic E-state index is 0.665. The molecule has 96 valence electrons. The molecular formula is C18H14N2. The number of aryl methyl sites for hydroxylation is 1. The number of hydrogen-bond donors (Lipinski definition) is 1. The summed E-state index contributed by atoms with van der Waals surface area (Å²) in [5.41, 5.74) is 3.63. The molecule has 0 aromatic heterocycles. The lowest BCUT2D eigenvalue weighted by Crippen LogP contribution is -1.97. The zero-order valence-electron chi connectivity index (χ0n) is 11.2. The van der Waals surface area contributed by atoms with Crippen LogP contribution in [0.25, 0.3) is 10.8 Å². The number of nitrogens with zero attached hydrogens (tertiary/aromatic N) is 1. The van der Waals surface area contributed by atoms with Crippen LogP contribution in [0.2, 0.25) is 0 Å². The van der Waals surface area contributed by atoms with Gasteiger partial charge in [0.25, 0.3) is 0 Å². The van der Waals surface area contributed by atoms with Gasteiger partial charge in [-0.1, -0.05) is 48.5 Å². The Bertz CT molecular complexity index is 808. The highest BCUT2D eigenvalue weighted by molar-refractivity contribution is 5.95. The maximum absolute atomic E-state index is 9.24. The van der Waals surface area contributed by atoms with Gasteiger partial charge in [0.1, 0.15) is 6.07 Å². The molecule has 0 bridgehead atoms. The van der Waals surface area contributed by atoms with E-state index in [0.29, 0.717) is 5.56 Å². The normalized spacial score (nSPS) is 10.2. The van der Waals surface area contributed by atoms with Crippen molar-refractivity contribution in [2.45, 2.75) is 6.92 Å². The number of nitrogens with one attached hydrogen (secondary N) is 1. The minimum absolute atomic E-state index is 0.665. The van der Waals surface area contributed by atoms with Gasteiger partial charge in [0.2, 0.25) is 0 Å². The lowest BCUT2D eigenvalue weighted by Gasteiger charge is -2.13. The number of benzene rings is 3. The van der Waals surface area contributed by atoms with Gasteiger partial charge in [0, 0.05) is 11.1 Å². The largest absolute Gasteiger partial charge is 0.354 e. The van der Waals surface area contributed by atoms with E-state index >= 15 is 0 Å². The van der Waals surface area contributed by atoms with Crippen molar-refractivity contribution in [3.05, 3.63) is 71.8 Å². The minimum Gasteiger partial charge on any atom is -0.354 e. The Kier molecular flexibility index (Phi) is 3.10. The molecule has 0 saturated carbocycles. The van der Waals surface area contributed by atoms with Crippen LogP contribution in [0.3, 0.4) is 0 Å². The van der Waals surface area contributed by atoms with Crippen LogP contribution in [0.4, 0.5) is 11.4 Å². The van der Waals surface area contributed by atoms with Gasteiger partial charge < -0.3 is 5.32 Å². The molecule has 2 nitrogen and oxygen atoms in total. The average molecular weight is 258 g/mol. The molecule has 0 aliphatic rings. The molecule has 0 unspecified atom stereocenters. The molecule has 3 aromatic carbocycles. The fourth-order valence-corrected chi connectivity index (χ4v) is 2.40. The van der Waals surface area contributed by atoms with E-state index in [2.05, 4.69) is 29.6 Å². The molecule has 0 amide bonds. The number of hydrogen-bond acceptors (Lipinski definition) is 2. The summed E-state index contributed by atoms with van der Waals surface area (Å²) in [6.45, 7) is 2.01. The van der Waals surface area contributed by atoms with Crippen molar-refractivity contribution in [1.29, 1.82) is 5.26 Å². The molecule has 3 rings (SSSR count). The molecule has 3 aromatic rings. The smallest absolute Gasteiger partial charge is 0.101 e. The SMILES string of the molecule is Cc1cccc(C#N)c1Nc1cccc2ccccc12. The molecule has 0 radical (unpaired) electrons. The lowest BCUT2D eigenvalue weighted by molar-refractivity contribution is 1.40. The van der Waals surface area contributed by atoms with E-state index in [0.717, 1.165) is 22.3 Å². The molecule has 20 heavy (non-hydrogen) atoms. The van der Waals surface area contributed by atoms with Crippen molar-refractivity contribution < 1.29 is 0 Å². The van der Waals surface area contributed by atoms with Crippen molar-refractivity contribution in [2.24, 2.45) is 0 Å². The second kappa shape index (κ2) is 5.07. The molecule has 0 atom stereocenters. The van der Waals surface area contributed by atoms with Gasteiger partial charge in [0.15, 0.2) is 0 Å². The molecule has 0 fully saturated rings. The third-order valence-corrected chi connectivity index (χ3v) is 3.44. The average Bonchev–Trinajstić information content (AvgIpc) is 2.49. The highest BCUT2D eigenvalue weighted by Gasteiger charge is 2.07. The van der Waals surface area contributed by atoms with Crippen LogP contribution in [-0.4, -0.2) is 0 Å². The van der Waals surface area contributed by atoms with Gasteiger partial charge in [-0.3, -0.25) is 0 Å². The van der Waals surface area contributed by atoms with Crippen LogP contribution in [-0.2, 0) is 0 Å². The number of nitriles is 1. The first kappa shape index (κ1) is 12.3. The van der Waals surface area contributed by atoms with E-state index in [1.54, 1.807) is 0 Å². The van der Waals surface area contributed by atoms with Crippen molar-refractivity contribution in [3.8, 4) is 6.07 Å². The Hall–Kier alpha value is -2.79. The zero-order chi connectivity index (χ0) is 13.9. The number of fused-ring (bicyclic) bond motifs is 1. The molecule has 1 N–H and O–H groups in total. The first-order valence-corrected chi connectivity index (χ1v) is 6.54. The summed E-state index contributed by atoms with van der Waals surface area (Å²) in [4.78, 5) is 0. The quantitative estimate of drug-likeness (QED) is 0.719. The van der Waals surface area contributed by atoms with Crippen LogP contribution < -0.4 is 5.32 Å². The van der Waals surface area contributed by atoms with E-state index in [1.165, 1.54) is 5.39 Å². The number of anilines is 2. The van der Waals surface area contributed by atoms with E-state index < -0.39 is 0 Å². The van der Waals surface area contributed by atoms with E-state index in [9.17, 15) is 5.26 Å². The van der Waals surface area contributed by atoms with Gasteiger partial charge in [-0.05, 0) is 30.0 Å². The van der Waals surface area contributed by atoms with Gasteiger partial charge >= 0.3 is 0 Å². The third-order valence-electron chi connectivity index (χ3n) is 3.44. The summed E-state index contributed by atoms with van der Waals surface area (Å²) in [7, 11) is 0. The summed E-state index contributed by atoms with van der Waals surface area (Å²) in [6, 6.07) is 22.4. The topological polar surface area (TPSA) is 35.8 Å². The second-order valence-electron chi connectivity index (χ2n) is 4.76. The maximum atomic E-state index is 9.24. The fraction of sp³-hybridized carbons (Fsp3) is 0.0556. The molecular weight excluding hydrogens is 244 g/mol. The summed E-state index contributed by atoms with van der Waals surface area (Å²) in [5, 5.41) is 15.0. The van der Waals surface area contributed by atoms with Gasteiger partial charge in [-0.2, -0.15) is 5.26 Å². The van der Waals surface area contributed by atoms with Crippen LogP contribution in [0.1, 0.15) is 11.1 Å². The first-order chi connectivity index (χ1) is 9.79. The Morgan fingerprint density at radius 3 is 2.50 bits per heavy atom. The third kappa shape index (κ3) is 2.10. The Labute approximate surface area is 118 Å².